The van der Waals surface area contributed by atoms with Crippen LogP contribution in [0.4, 0.5) is 0 Å². The zero-order valence-corrected chi connectivity index (χ0v) is 15.6. The molecule has 26 heavy (non-hydrogen) atoms. The van der Waals surface area contributed by atoms with Crippen LogP contribution in [0.5, 0.6) is 0 Å². The third-order valence-corrected chi connectivity index (χ3v) is 6.09. The summed E-state index contributed by atoms with van der Waals surface area (Å²) in [5.74, 6) is -0.482. The fourth-order valence-corrected chi connectivity index (χ4v) is 4.73. The minimum Gasteiger partial charge on any atom is -0.466 e. The van der Waals surface area contributed by atoms with Crippen molar-refractivity contribution in [1.82, 2.24) is 3.97 Å². The summed E-state index contributed by atoms with van der Waals surface area (Å²) < 4.78 is 32.5. The third kappa shape index (κ3) is 2.93. The van der Waals surface area contributed by atoms with Gasteiger partial charge >= 0.3 is 5.97 Å². The average molecular weight is 369 g/mol. The van der Waals surface area contributed by atoms with Gasteiger partial charge in [0.2, 0.25) is 0 Å². The van der Waals surface area contributed by atoms with Crippen molar-refractivity contribution in [1.29, 1.82) is 0 Å². The van der Waals surface area contributed by atoms with Crippen LogP contribution in [-0.4, -0.2) is 25.5 Å². The summed E-state index contributed by atoms with van der Waals surface area (Å²) in [5.41, 5.74) is 2.48. The van der Waals surface area contributed by atoms with Crippen molar-refractivity contribution in [3.8, 4) is 0 Å². The van der Waals surface area contributed by atoms with Crippen LogP contribution < -0.4 is 0 Å². The van der Waals surface area contributed by atoms with E-state index in [2.05, 4.69) is 0 Å². The monoisotopic (exact) mass is 369 g/mol. The molecule has 5 nitrogen and oxygen atoms in total. The zero-order valence-electron chi connectivity index (χ0n) is 14.8. The van der Waals surface area contributed by atoms with Crippen LogP contribution >= 0.6 is 0 Å². The maximum absolute atomic E-state index is 13.2. The van der Waals surface area contributed by atoms with E-state index in [4.69, 9.17) is 4.74 Å². The molecular weight excluding hydrogens is 350 g/mol. The molecule has 0 saturated carbocycles. The molecule has 0 aliphatic heterocycles. The molecule has 0 aliphatic carbocycles. The number of carbonyl (C=O) groups is 1. The van der Waals surface area contributed by atoms with Gasteiger partial charge in [0.05, 0.1) is 17.5 Å². The Labute approximate surface area is 152 Å². The number of allylic oxidation sites excluding steroid dienone is 1. The number of para-hydroxylation sites is 1. The second kappa shape index (κ2) is 6.80. The minimum absolute atomic E-state index is 0.213. The van der Waals surface area contributed by atoms with Crippen LogP contribution in [0.15, 0.2) is 65.6 Å². The maximum atomic E-state index is 13.2. The fourth-order valence-electron chi connectivity index (χ4n) is 3.15. The largest absolute Gasteiger partial charge is 0.466 e. The molecule has 0 amide bonds. The molecule has 1 aromatic heterocycles. The van der Waals surface area contributed by atoms with Crippen molar-refractivity contribution in [2.45, 2.75) is 18.7 Å². The Morgan fingerprint density at radius 1 is 1.04 bits per heavy atom. The quantitative estimate of drug-likeness (QED) is 0.519. The number of fused-ring (bicyclic) bond motifs is 1. The predicted octanol–water partition coefficient (Wildman–Crippen LogP) is 3.76. The van der Waals surface area contributed by atoms with Gasteiger partial charge in [-0.25, -0.2) is 17.2 Å². The summed E-state index contributed by atoms with van der Waals surface area (Å²) in [6.07, 6.45) is 1.37. The summed E-state index contributed by atoms with van der Waals surface area (Å²) in [6, 6.07) is 15.5. The minimum atomic E-state index is -3.77. The highest BCUT2D eigenvalue weighted by Gasteiger charge is 2.25. The number of hydrogen-bond acceptors (Lipinski definition) is 4. The highest BCUT2D eigenvalue weighted by atomic mass is 32.2. The van der Waals surface area contributed by atoms with Crippen molar-refractivity contribution in [3.63, 3.8) is 0 Å². The van der Waals surface area contributed by atoms with Crippen LogP contribution in [0.25, 0.3) is 16.5 Å². The number of methoxy groups -OCH3 is 1. The Morgan fingerprint density at radius 3 is 2.31 bits per heavy atom. The summed E-state index contributed by atoms with van der Waals surface area (Å²) in [7, 11) is -2.46. The van der Waals surface area contributed by atoms with Crippen molar-refractivity contribution in [2.24, 2.45) is 0 Å². The average Bonchev–Trinajstić information content (AvgIpc) is 2.94. The van der Waals surface area contributed by atoms with E-state index < -0.39 is 16.0 Å². The van der Waals surface area contributed by atoms with E-state index in [1.54, 1.807) is 56.3 Å². The molecule has 0 spiro atoms. The number of rotatable bonds is 4. The Kier molecular flexibility index (Phi) is 4.70. The van der Waals surface area contributed by atoms with E-state index in [0.717, 1.165) is 5.39 Å². The smallest absolute Gasteiger partial charge is 0.330 e. The van der Waals surface area contributed by atoms with Crippen LogP contribution in [0.3, 0.4) is 0 Å². The molecule has 0 fully saturated rings. The van der Waals surface area contributed by atoms with Gasteiger partial charge in [-0.1, -0.05) is 36.4 Å². The standard InChI is InChI=1S/C20H19NO4S/c1-14(13-19(22)25-3)20-15(2)21(18-12-8-7-11-17(18)20)26(23,24)16-9-5-4-6-10-16/h4-13H,1-3H3/b14-13+. The van der Waals surface area contributed by atoms with Gasteiger partial charge in [0.1, 0.15) is 0 Å². The maximum Gasteiger partial charge on any atom is 0.330 e. The summed E-state index contributed by atoms with van der Waals surface area (Å²) in [5, 5.41) is 0.766. The number of carbonyl (C=O) groups excluding carboxylic acids is 1. The first-order valence-electron chi connectivity index (χ1n) is 8.05. The molecule has 0 unspecified atom stereocenters. The molecule has 3 aromatic rings. The van der Waals surface area contributed by atoms with Crippen molar-refractivity contribution >= 4 is 32.5 Å². The van der Waals surface area contributed by atoms with E-state index in [9.17, 15) is 13.2 Å². The van der Waals surface area contributed by atoms with Crippen LogP contribution in [0.2, 0.25) is 0 Å². The van der Waals surface area contributed by atoms with Gasteiger partial charge in [-0.15, -0.1) is 0 Å². The van der Waals surface area contributed by atoms with Crippen LogP contribution in [-0.2, 0) is 19.6 Å². The SMILES string of the molecule is COC(=O)/C=C(\C)c1c(C)n(S(=O)(=O)c2ccccc2)c2ccccc12. The van der Waals surface area contributed by atoms with Gasteiger partial charge in [0, 0.05) is 22.7 Å². The Hall–Kier alpha value is -2.86. The van der Waals surface area contributed by atoms with E-state index in [-0.39, 0.29) is 4.90 Å². The van der Waals surface area contributed by atoms with E-state index in [1.807, 2.05) is 12.1 Å². The number of hydrogen-bond donors (Lipinski definition) is 0. The van der Waals surface area contributed by atoms with Crippen molar-refractivity contribution in [2.75, 3.05) is 7.11 Å². The summed E-state index contributed by atoms with van der Waals surface area (Å²) >= 11 is 0. The molecule has 6 heteroatoms. The molecular formula is C20H19NO4S. The normalized spacial score (nSPS) is 12.3. The predicted molar refractivity (Wildman–Crippen MR) is 101 cm³/mol. The topological polar surface area (TPSA) is 65.4 Å². The molecule has 0 atom stereocenters. The summed E-state index contributed by atoms with van der Waals surface area (Å²) in [6.45, 7) is 3.51. The van der Waals surface area contributed by atoms with E-state index in [1.165, 1.54) is 17.2 Å². The first-order valence-corrected chi connectivity index (χ1v) is 9.49. The molecule has 3 rings (SSSR count). The Morgan fingerprint density at radius 2 is 1.65 bits per heavy atom. The lowest BCUT2D eigenvalue weighted by Crippen LogP contribution is -2.14. The van der Waals surface area contributed by atoms with E-state index in [0.29, 0.717) is 22.3 Å². The lowest BCUT2D eigenvalue weighted by atomic mass is 10.0. The van der Waals surface area contributed by atoms with E-state index >= 15 is 0 Å². The second-order valence-electron chi connectivity index (χ2n) is 5.91. The third-order valence-electron chi connectivity index (χ3n) is 4.27. The Balaban J connectivity index is 2.34. The van der Waals surface area contributed by atoms with Gasteiger partial charge in [-0.3, -0.25) is 0 Å². The number of benzene rings is 2. The molecule has 0 N–H and O–H groups in total. The number of aromatic nitrogens is 1. The van der Waals surface area contributed by atoms with Crippen LogP contribution in [0, 0.1) is 6.92 Å². The molecule has 1 heterocycles. The lowest BCUT2D eigenvalue weighted by molar-refractivity contribution is -0.134. The van der Waals surface area contributed by atoms with Gasteiger partial charge in [-0.2, -0.15) is 0 Å². The zero-order chi connectivity index (χ0) is 18.9. The molecule has 134 valence electrons. The fraction of sp³-hybridized carbons (Fsp3) is 0.150. The first-order chi connectivity index (χ1) is 12.4. The molecule has 0 saturated heterocycles. The second-order valence-corrected chi connectivity index (χ2v) is 7.70. The van der Waals surface area contributed by atoms with Crippen molar-refractivity contribution < 1.29 is 17.9 Å². The van der Waals surface area contributed by atoms with Gasteiger partial charge < -0.3 is 4.74 Å². The molecule has 0 radical (unpaired) electrons. The molecule has 2 aromatic carbocycles. The van der Waals surface area contributed by atoms with Crippen molar-refractivity contribution in [3.05, 3.63) is 71.9 Å². The van der Waals surface area contributed by atoms with Gasteiger partial charge in [0.15, 0.2) is 0 Å². The molecule has 0 bridgehead atoms. The summed E-state index contributed by atoms with van der Waals surface area (Å²) in [4.78, 5) is 11.9. The molecule has 0 aliphatic rings. The Bertz CT molecular complexity index is 1110. The number of ether oxygens (including phenoxy) is 1. The van der Waals surface area contributed by atoms with Gasteiger partial charge in [-0.05, 0) is 37.6 Å². The number of esters is 1. The highest BCUT2D eigenvalue weighted by molar-refractivity contribution is 7.90. The highest BCUT2D eigenvalue weighted by Crippen LogP contribution is 2.34. The van der Waals surface area contributed by atoms with Gasteiger partial charge in [0.25, 0.3) is 10.0 Å². The number of nitrogens with zero attached hydrogens (tertiary/aromatic N) is 1. The van der Waals surface area contributed by atoms with Crippen LogP contribution in [0.1, 0.15) is 18.2 Å². The first kappa shape index (κ1) is 17.9. The lowest BCUT2D eigenvalue weighted by Gasteiger charge is -2.10.